The van der Waals surface area contributed by atoms with E-state index in [0.29, 0.717) is 31.9 Å². The molecule has 0 unspecified atom stereocenters. The third-order valence-corrected chi connectivity index (χ3v) is 3.48. The highest BCUT2D eigenvalue weighted by Crippen LogP contribution is 2.06. The van der Waals surface area contributed by atoms with E-state index in [1.807, 2.05) is 0 Å². The molecule has 7 heteroatoms. The van der Waals surface area contributed by atoms with E-state index in [1.165, 1.54) is 19.4 Å². The van der Waals surface area contributed by atoms with Crippen LogP contribution in [0.5, 0.6) is 0 Å². The van der Waals surface area contributed by atoms with Crippen molar-refractivity contribution in [3.05, 3.63) is 33.7 Å². The van der Waals surface area contributed by atoms with Crippen LogP contribution in [0.4, 0.5) is 0 Å². The van der Waals surface area contributed by atoms with Gasteiger partial charge in [0.05, 0.1) is 0 Å². The number of aryl methyl sites for hydroxylation is 1. The number of amides is 2. The number of nitrogens with one attached hydrogen (secondary N) is 1. The topological polar surface area (TPSA) is 82.7 Å². The molecule has 2 rings (SSSR count). The van der Waals surface area contributed by atoms with Gasteiger partial charge in [-0.3, -0.25) is 14.4 Å². The van der Waals surface area contributed by atoms with Crippen molar-refractivity contribution in [3.63, 3.8) is 0 Å². The number of carbonyl (C=O) groups is 2. The Balaban J connectivity index is 2.00. The summed E-state index contributed by atoms with van der Waals surface area (Å²) in [6.45, 7) is 3.56. The van der Waals surface area contributed by atoms with Crippen LogP contribution >= 0.6 is 0 Å². The molecule has 1 aliphatic rings. The lowest BCUT2D eigenvalue weighted by Gasteiger charge is -2.34. The summed E-state index contributed by atoms with van der Waals surface area (Å²) in [5.41, 5.74) is 0.568. The zero-order chi connectivity index (χ0) is 15.4. The number of hydrogen-bond donors (Lipinski definition) is 1. The summed E-state index contributed by atoms with van der Waals surface area (Å²) in [5, 5.41) is 0. The van der Waals surface area contributed by atoms with E-state index in [4.69, 9.17) is 4.74 Å². The molecule has 1 aliphatic heterocycles. The molecule has 21 heavy (non-hydrogen) atoms. The Kier molecular flexibility index (Phi) is 4.74. The molecular weight excluding hydrogens is 274 g/mol. The van der Waals surface area contributed by atoms with E-state index in [2.05, 4.69) is 4.98 Å². The molecule has 1 aromatic heterocycles. The smallest absolute Gasteiger partial charge is 0.259 e. The second kappa shape index (κ2) is 6.53. The summed E-state index contributed by atoms with van der Waals surface area (Å²) in [5.74, 6) is -0.382. The SMILES string of the molecule is COCC(=O)N1CCN(C(=O)c2c[nH]c(C)cc2=O)CC1. The van der Waals surface area contributed by atoms with Gasteiger partial charge < -0.3 is 19.5 Å². The lowest BCUT2D eigenvalue weighted by Crippen LogP contribution is -2.51. The Morgan fingerprint density at radius 2 is 1.86 bits per heavy atom. The van der Waals surface area contributed by atoms with Crippen LogP contribution in [0.2, 0.25) is 0 Å². The van der Waals surface area contributed by atoms with E-state index in [1.54, 1.807) is 16.7 Å². The van der Waals surface area contributed by atoms with Crippen molar-refractivity contribution in [2.75, 3.05) is 39.9 Å². The number of piperazine rings is 1. The third-order valence-electron chi connectivity index (χ3n) is 3.48. The van der Waals surface area contributed by atoms with Crippen molar-refractivity contribution in [2.24, 2.45) is 0 Å². The molecule has 2 heterocycles. The predicted molar refractivity (Wildman–Crippen MR) is 76.2 cm³/mol. The minimum Gasteiger partial charge on any atom is -0.375 e. The van der Waals surface area contributed by atoms with Gasteiger partial charge in [0.2, 0.25) is 5.91 Å². The van der Waals surface area contributed by atoms with Crippen molar-refractivity contribution < 1.29 is 14.3 Å². The average molecular weight is 293 g/mol. The molecule has 0 bridgehead atoms. The van der Waals surface area contributed by atoms with Crippen molar-refractivity contribution >= 4 is 11.8 Å². The normalized spacial score (nSPS) is 15.1. The van der Waals surface area contributed by atoms with Crippen LogP contribution in [-0.4, -0.2) is 66.5 Å². The van der Waals surface area contributed by atoms with Crippen molar-refractivity contribution in [1.82, 2.24) is 14.8 Å². The molecule has 0 atom stereocenters. The molecular formula is C14H19N3O4. The number of aromatic nitrogens is 1. The van der Waals surface area contributed by atoms with Crippen LogP contribution in [0.25, 0.3) is 0 Å². The van der Waals surface area contributed by atoms with Gasteiger partial charge in [-0.1, -0.05) is 0 Å². The zero-order valence-corrected chi connectivity index (χ0v) is 12.2. The molecule has 114 valence electrons. The largest absolute Gasteiger partial charge is 0.375 e. The van der Waals surface area contributed by atoms with Gasteiger partial charge in [0, 0.05) is 51.2 Å². The van der Waals surface area contributed by atoms with Gasteiger partial charge in [-0.25, -0.2) is 0 Å². The highest BCUT2D eigenvalue weighted by Gasteiger charge is 2.25. The van der Waals surface area contributed by atoms with Gasteiger partial charge in [-0.05, 0) is 6.92 Å². The van der Waals surface area contributed by atoms with Crippen LogP contribution in [-0.2, 0) is 9.53 Å². The van der Waals surface area contributed by atoms with E-state index in [0.717, 1.165) is 0 Å². The minimum absolute atomic E-state index is 0.0472. The maximum Gasteiger partial charge on any atom is 0.259 e. The summed E-state index contributed by atoms with van der Waals surface area (Å²) < 4.78 is 4.81. The van der Waals surface area contributed by atoms with Crippen LogP contribution in [0.3, 0.4) is 0 Å². The molecule has 1 saturated heterocycles. The summed E-state index contributed by atoms with van der Waals surface area (Å²) in [6, 6.07) is 1.41. The van der Waals surface area contributed by atoms with Gasteiger partial charge in [0.25, 0.3) is 5.91 Å². The first kappa shape index (κ1) is 15.2. The maximum absolute atomic E-state index is 12.3. The highest BCUT2D eigenvalue weighted by molar-refractivity contribution is 5.94. The van der Waals surface area contributed by atoms with Gasteiger partial charge in [-0.15, -0.1) is 0 Å². The molecule has 1 N–H and O–H groups in total. The molecule has 7 nitrogen and oxygen atoms in total. The number of methoxy groups -OCH3 is 1. The average Bonchev–Trinajstić information content (AvgIpc) is 2.47. The Labute approximate surface area is 122 Å². The molecule has 2 amide bonds. The first-order valence-electron chi connectivity index (χ1n) is 6.78. The zero-order valence-electron chi connectivity index (χ0n) is 12.2. The minimum atomic E-state index is -0.296. The maximum atomic E-state index is 12.3. The second-order valence-electron chi connectivity index (χ2n) is 5.00. The van der Waals surface area contributed by atoms with Gasteiger partial charge >= 0.3 is 0 Å². The molecule has 1 fully saturated rings. The Morgan fingerprint density at radius 3 is 2.43 bits per heavy atom. The lowest BCUT2D eigenvalue weighted by molar-refractivity contribution is -0.136. The Morgan fingerprint density at radius 1 is 1.24 bits per heavy atom. The third kappa shape index (κ3) is 3.49. The first-order chi connectivity index (χ1) is 10.0. The molecule has 0 saturated carbocycles. The number of aromatic amines is 1. The van der Waals surface area contributed by atoms with Crippen molar-refractivity contribution in [2.45, 2.75) is 6.92 Å². The number of pyridine rings is 1. The number of ether oxygens (including phenoxy) is 1. The summed E-state index contributed by atoms with van der Waals surface area (Å²) in [4.78, 5) is 42.0. The van der Waals surface area contributed by atoms with Crippen LogP contribution in [0.15, 0.2) is 17.1 Å². The van der Waals surface area contributed by atoms with Crippen LogP contribution < -0.4 is 5.43 Å². The molecule has 0 spiro atoms. The Bertz CT molecular complexity index is 588. The highest BCUT2D eigenvalue weighted by atomic mass is 16.5. The van der Waals surface area contributed by atoms with Crippen molar-refractivity contribution in [3.8, 4) is 0 Å². The van der Waals surface area contributed by atoms with E-state index in [9.17, 15) is 14.4 Å². The van der Waals surface area contributed by atoms with Gasteiger partial charge in [-0.2, -0.15) is 0 Å². The molecule has 0 aliphatic carbocycles. The lowest BCUT2D eigenvalue weighted by atomic mass is 10.2. The van der Waals surface area contributed by atoms with Gasteiger partial charge in [0.1, 0.15) is 12.2 Å². The van der Waals surface area contributed by atoms with Crippen LogP contribution in [0, 0.1) is 6.92 Å². The number of nitrogens with zero attached hydrogens (tertiary/aromatic N) is 2. The number of H-pyrrole nitrogens is 1. The Hall–Kier alpha value is -2.15. The summed E-state index contributed by atoms with van der Waals surface area (Å²) >= 11 is 0. The van der Waals surface area contributed by atoms with Crippen molar-refractivity contribution in [1.29, 1.82) is 0 Å². The fourth-order valence-electron chi connectivity index (χ4n) is 2.28. The fraction of sp³-hybridized carbons (Fsp3) is 0.500. The predicted octanol–water partition coefficient (Wildman–Crippen LogP) is -0.386. The van der Waals surface area contributed by atoms with E-state index < -0.39 is 0 Å². The summed E-state index contributed by atoms with van der Waals surface area (Å²) in [6.07, 6.45) is 1.45. The van der Waals surface area contributed by atoms with Crippen LogP contribution in [0.1, 0.15) is 16.1 Å². The first-order valence-corrected chi connectivity index (χ1v) is 6.78. The standard InChI is InChI=1S/C14H19N3O4/c1-10-7-12(18)11(8-15-10)14(20)17-5-3-16(4-6-17)13(19)9-21-2/h7-8H,3-6,9H2,1-2H3,(H,15,18). The second-order valence-corrected chi connectivity index (χ2v) is 5.00. The molecule has 0 aromatic carbocycles. The quantitative estimate of drug-likeness (QED) is 0.823. The number of rotatable bonds is 3. The van der Waals surface area contributed by atoms with E-state index in [-0.39, 0.29) is 29.4 Å². The number of carbonyl (C=O) groups excluding carboxylic acids is 2. The summed E-state index contributed by atoms with van der Waals surface area (Å²) in [7, 11) is 1.47. The molecule has 1 aromatic rings. The monoisotopic (exact) mass is 293 g/mol. The van der Waals surface area contributed by atoms with Gasteiger partial charge in [0.15, 0.2) is 5.43 Å². The number of hydrogen-bond acceptors (Lipinski definition) is 4. The fourth-order valence-corrected chi connectivity index (χ4v) is 2.28. The molecule has 0 radical (unpaired) electrons. The van der Waals surface area contributed by atoms with E-state index >= 15 is 0 Å².